The van der Waals surface area contributed by atoms with Crippen LogP contribution in [0.3, 0.4) is 0 Å². The monoisotopic (exact) mass is 209 g/mol. The van der Waals surface area contributed by atoms with Crippen molar-refractivity contribution < 1.29 is 4.74 Å². The van der Waals surface area contributed by atoms with Crippen molar-refractivity contribution in [3.05, 3.63) is 23.8 Å². The molecule has 1 rings (SSSR count). The Kier molecular flexibility index (Phi) is 4.15. The van der Waals surface area contributed by atoms with E-state index in [1.54, 1.807) is 13.2 Å². The van der Waals surface area contributed by atoms with E-state index in [0.717, 1.165) is 11.3 Å². The van der Waals surface area contributed by atoms with Crippen LogP contribution in [0.1, 0.15) is 12.0 Å². The van der Waals surface area contributed by atoms with Crippen molar-refractivity contribution >= 4 is 17.3 Å². The Balaban J connectivity index is 2.85. The average molecular weight is 210 g/mol. The predicted octanol–water partition coefficient (Wildman–Crippen LogP) is 2.26. The third-order valence-electron chi connectivity index (χ3n) is 1.70. The van der Waals surface area contributed by atoms with Crippen molar-refractivity contribution in [2.75, 3.05) is 18.7 Å². The van der Waals surface area contributed by atoms with E-state index in [2.05, 4.69) is 11.8 Å². The molecule has 0 atom stereocenters. The third kappa shape index (κ3) is 2.86. The molecule has 0 aliphatic carbocycles. The molecule has 0 saturated carbocycles. The molecular formula is C11H12ClNO. The topological polar surface area (TPSA) is 35.2 Å². The van der Waals surface area contributed by atoms with Crippen molar-refractivity contribution in [3.63, 3.8) is 0 Å². The quantitative estimate of drug-likeness (QED) is 0.461. The van der Waals surface area contributed by atoms with Crippen molar-refractivity contribution in [1.82, 2.24) is 0 Å². The largest absolute Gasteiger partial charge is 0.497 e. The van der Waals surface area contributed by atoms with Crippen LogP contribution in [0.2, 0.25) is 0 Å². The van der Waals surface area contributed by atoms with E-state index in [1.165, 1.54) is 0 Å². The number of methoxy groups -OCH3 is 1. The highest BCUT2D eigenvalue weighted by Gasteiger charge is 1.97. The van der Waals surface area contributed by atoms with E-state index in [4.69, 9.17) is 22.1 Å². The molecule has 3 heteroatoms. The molecule has 2 N–H and O–H groups in total. The first-order valence-corrected chi connectivity index (χ1v) is 4.79. The molecule has 0 heterocycles. The maximum absolute atomic E-state index is 5.76. The van der Waals surface area contributed by atoms with Crippen LogP contribution in [-0.2, 0) is 0 Å². The van der Waals surface area contributed by atoms with Crippen LogP contribution in [0.4, 0.5) is 5.69 Å². The summed E-state index contributed by atoms with van der Waals surface area (Å²) in [4.78, 5) is 0. The highest BCUT2D eigenvalue weighted by atomic mass is 35.5. The minimum Gasteiger partial charge on any atom is -0.497 e. The van der Waals surface area contributed by atoms with Gasteiger partial charge in [0.15, 0.2) is 0 Å². The van der Waals surface area contributed by atoms with Gasteiger partial charge in [-0.25, -0.2) is 0 Å². The van der Waals surface area contributed by atoms with E-state index in [9.17, 15) is 0 Å². The van der Waals surface area contributed by atoms with Crippen molar-refractivity contribution in [3.8, 4) is 17.6 Å². The number of hydrogen-bond acceptors (Lipinski definition) is 2. The van der Waals surface area contributed by atoms with E-state index in [-0.39, 0.29) is 0 Å². The minimum atomic E-state index is 0.545. The van der Waals surface area contributed by atoms with Gasteiger partial charge < -0.3 is 10.5 Å². The van der Waals surface area contributed by atoms with E-state index in [0.29, 0.717) is 18.0 Å². The van der Waals surface area contributed by atoms with Crippen LogP contribution >= 0.6 is 11.6 Å². The van der Waals surface area contributed by atoms with Crippen molar-refractivity contribution in [2.24, 2.45) is 0 Å². The maximum atomic E-state index is 5.76. The molecule has 0 unspecified atom stereocenters. The summed E-state index contributed by atoms with van der Waals surface area (Å²) < 4.78 is 5.03. The van der Waals surface area contributed by atoms with Gasteiger partial charge in [0.05, 0.1) is 12.8 Å². The first-order valence-electron chi connectivity index (χ1n) is 4.26. The fourth-order valence-electron chi connectivity index (χ4n) is 0.987. The molecule has 14 heavy (non-hydrogen) atoms. The summed E-state index contributed by atoms with van der Waals surface area (Å²) in [6.07, 6.45) is 0.674. The molecule has 1 aromatic carbocycles. The van der Waals surface area contributed by atoms with Gasteiger partial charge in [0.1, 0.15) is 5.75 Å². The van der Waals surface area contributed by atoms with Gasteiger partial charge in [-0.3, -0.25) is 0 Å². The van der Waals surface area contributed by atoms with Crippen LogP contribution in [0.15, 0.2) is 18.2 Å². The number of anilines is 1. The SMILES string of the molecule is COc1ccc(C#CCCCl)c(N)c1. The number of halogens is 1. The molecule has 0 aromatic heterocycles. The van der Waals surface area contributed by atoms with Crippen LogP contribution in [-0.4, -0.2) is 13.0 Å². The molecule has 0 bridgehead atoms. The van der Waals surface area contributed by atoms with Gasteiger partial charge in [0, 0.05) is 23.9 Å². The Labute approximate surface area is 89.0 Å². The van der Waals surface area contributed by atoms with Crippen molar-refractivity contribution in [1.29, 1.82) is 0 Å². The molecule has 0 radical (unpaired) electrons. The Hall–Kier alpha value is -1.33. The van der Waals surface area contributed by atoms with Gasteiger partial charge >= 0.3 is 0 Å². The second-order valence-corrected chi connectivity index (χ2v) is 3.07. The highest BCUT2D eigenvalue weighted by molar-refractivity contribution is 6.18. The maximum Gasteiger partial charge on any atom is 0.121 e. The van der Waals surface area contributed by atoms with Gasteiger partial charge in [-0.05, 0) is 12.1 Å². The molecule has 0 fully saturated rings. The standard InChI is InChI=1S/C11H12ClNO/c1-14-10-6-5-9(11(13)8-10)4-2-3-7-12/h5-6,8H,3,7,13H2,1H3. The summed E-state index contributed by atoms with van der Waals surface area (Å²) in [7, 11) is 1.60. The van der Waals surface area contributed by atoms with E-state index < -0.39 is 0 Å². The van der Waals surface area contributed by atoms with Gasteiger partial charge in [-0.15, -0.1) is 11.6 Å². The number of hydrogen-bond donors (Lipinski definition) is 1. The molecule has 0 saturated heterocycles. The first kappa shape index (κ1) is 10.7. The lowest BCUT2D eigenvalue weighted by atomic mass is 10.2. The molecule has 2 nitrogen and oxygen atoms in total. The number of ether oxygens (including phenoxy) is 1. The average Bonchev–Trinajstić information content (AvgIpc) is 2.20. The molecule has 0 spiro atoms. The minimum absolute atomic E-state index is 0.545. The number of nitrogen functional groups attached to an aromatic ring is 1. The van der Waals surface area contributed by atoms with Crippen LogP contribution in [0, 0.1) is 11.8 Å². The third-order valence-corrected chi connectivity index (χ3v) is 1.89. The molecular weight excluding hydrogens is 198 g/mol. The zero-order chi connectivity index (χ0) is 10.4. The lowest BCUT2D eigenvalue weighted by molar-refractivity contribution is 0.415. The van der Waals surface area contributed by atoms with Gasteiger partial charge in [0.25, 0.3) is 0 Å². The van der Waals surface area contributed by atoms with Crippen LogP contribution in [0.25, 0.3) is 0 Å². The lowest BCUT2D eigenvalue weighted by Crippen LogP contribution is -1.91. The Morgan fingerprint density at radius 1 is 1.50 bits per heavy atom. The normalized spacial score (nSPS) is 9.00. The Morgan fingerprint density at radius 3 is 2.86 bits per heavy atom. The first-order chi connectivity index (χ1) is 6.77. The second-order valence-electron chi connectivity index (χ2n) is 2.69. The number of benzene rings is 1. The summed E-state index contributed by atoms with van der Waals surface area (Å²) in [5.74, 6) is 7.16. The summed E-state index contributed by atoms with van der Waals surface area (Å²) >= 11 is 5.50. The van der Waals surface area contributed by atoms with E-state index >= 15 is 0 Å². The molecule has 74 valence electrons. The van der Waals surface area contributed by atoms with Gasteiger partial charge in [-0.1, -0.05) is 11.8 Å². The van der Waals surface area contributed by atoms with Gasteiger partial charge in [0.2, 0.25) is 0 Å². The second kappa shape index (κ2) is 5.41. The Morgan fingerprint density at radius 2 is 2.29 bits per heavy atom. The lowest BCUT2D eigenvalue weighted by Gasteiger charge is -2.02. The zero-order valence-corrected chi connectivity index (χ0v) is 8.77. The number of nitrogens with two attached hydrogens (primary N) is 1. The Bertz CT molecular complexity index is 365. The number of rotatable bonds is 2. The zero-order valence-electron chi connectivity index (χ0n) is 8.01. The summed E-state index contributed by atoms with van der Waals surface area (Å²) in [6.45, 7) is 0. The van der Waals surface area contributed by atoms with Gasteiger partial charge in [-0.2, -0.15) is 0 Å². The summed E-state index contributed by atoms with van der Waals surface area (Å²) in [6, 6.07) is 5.43. The summed E-state index contributed by atoms with van der Waals surface area (Å²) in [5, 5.41) is 0. The van der Waals surface area contributed by atoms with E-state index in [1.807, 2.05) is 12.1 Å². The predicted molar refractivity (Wildman–Crippen MR) is 59.6 cm³/mol. The van der Waals surface area contributed by atoms with Crippen LogP contribution in [0.5, 0.6) is 5.75 Å². The summed E-state index contributed by atoms with van der Waals surface area (Å²) in [5.41, 5.74) is 7.21. The van der Waals surface area contributed by atoms with Crippen molar-refractivity contribution in [2.45, 2.75) is 6.42 Å². The van der Waals surface area contributed by atoms with Crippen LogP contribution < -0.4 is 10.5 Å². The molecule has 0 aliphatic rings. The number of alkyl halides is 1. The smallest absolute Gasteiger partial charge is 0.121 e. The fraction of sp³-hybridized carbons (Fsp3) is 0.273. The molecule has 1 aromatic rings. The molecule has 0 aliphatic heterocycles. The highest BCUT2D eigenvalue weighted by Crippen LogP contribution is 2.18. The fourth-order valence-corrected chi connectivity index (χ4v) is 1.08. The molecule has 0 amide bonds.